The standard InChI is InChI=1S/C29H28FN5O4S2/c1-16(2)12-21(27(31)37)34-28(38)24-15-20-26(41-24)23(10-11-32-20)39-22-9-8-18(14-19(22)30)33-29(40)35-25(36)13-17-6-4-3-5-7-17/h3-11,14-16,21H,12-13H2,1-2H3,(H2,31,37)(H,34,38)(H2,33,35,36,40). The molecule has 2 heterocycles. The number of benzene rings is 2. The Morgan fingerprint density at radius 3 is 2.51 bits per heavy atom. The SMILES string of the molecule is CC(C)CC(NC(=O)c1cc2nccc(Oc3ccc(NC(=S)NC(=O)Cc4ccccc4)cc3F)c2s1)C(N)=O. The lowest BCUT2D eigenvalue weighted by Gasteiger charge is -2.16. The molecule has 0 aliphatic rings. The number of pyridine rings is 1. The van der Waals surface area contributed by atoms with Gasteiger partial charge in [-0.1, -0.05) is 44.2 Å². The number of anilines is 1. The molecule has 41 heavy (non-hydrogen) atoms. The summed E-state index contributed by atoms with van der Waals surface area (Å²) in [5.74, 6) is -1.66. The number of thiocarbonyl (C=S) groups is 1. The van der Waals surface area contributed by atoms with E-state index in [1.165, 1.54) is 18.3 Å². The Hall–Kier alpha value is -4.42. The van der Waals surface area contributed by atoms with E-state index in [1.807, 2.05) is 44.2 Å². The van der Waals surface area contributed by atoms with Crippen LogP contribution in [0.15, 0.2) is 66.9 Å². The average Bonchev–Trinajstić information content (AvgIpc) is 3.35. The molecule has 0 spiro atoms. The molecule has 2 aromatic carbocycles. The number of carbonyl (C=O) groups excluding carboxylic acids is 3. The molecule has 0 aliphatic carbocycles. The summed E-state index contributed by atoms with van der Waals surface area (Å²) in [7, 11) is 0. The molecule has 2 aromatic heterocycles. The summed E-state index contributed by atoms with van der Waals surface area (Å²) >= 11 is 6.29. The lowest BCUT2D eigenvalue weighted by Crippen LogP contribution is -2.45. The van der Waals surface area contributed by atoms with Crippen molar-refractivity contribution in [2.24, 2.45) is 11.7 Å². The molecule has 0 fully saturated rings. The van der Waals surface area contributed by atoms with Crippen molar-refractivity contribution in [3.63, 3.8) is 0 Å². The molecule has 0 aliphatic heterocycles. The van der Waals surface area contributed by atoms with Gasteiger partial charge in [0.1, 0.15) is 11.8 Å². The number of rotatable bonds is 10. The first-order valence-electron chi connectivity index (χ1n) is 12.7. The van der Waals surface area contributed by atoms with E-state index in [4.69, 9.17) is 22.7 Å². The molecular formula is C29H28FN5O4S2. The van der Waals surface area contributed by atoms with Crippen LogP contribution in [0.1, 0.15) is 35.5 Å². The van der Waals surface area contributed by atoms with E-state index in [1.54, 1.807) is 18.2 Å². The number of thiophene rings is 1. The molecule has 0 bridgehead atoms. The second kappa shape index (κ2) is 13.3. The highest BCUT2D eigenvalue weighted by Gasteiger charge is 2.22. The molecule has 4 aromatic rings. The van der Waals surface area contributed by atoms with Crippen LogP contribution in [0.3, 0.4) is 0 Å². The fourth-order valence-electron chi connectivity index (χ4n) is 3.95. The molecule has 0 saturated heterocycles. The average molecular weight is 594 g/mol. The van der Waals surface area contributed by atoms with Gasteiger partial charge in [0, 0.05) is 24.0 Å². The van der Waals surface area contributed by atoms with Gasteiger partial charge in [0.2, 0.25) is 11.8 Å². The Balaban J connectivity index is 1.42. The summed E-state index contributed by atoms with van der Waals surface area (Å²) in [6.45, 7) is 3.85. The molecule has 3 amide bonds. The van der Waals surface area contributed by atoms with Crippen molar-refractivity contribution >= 4 is 62.3 Å². The molecular weight excluding hydrogens is 565 g/mol. The molecule has 9 nitrogen and oxygen atoms in total. The topological polar surface area (TPSA) is 135 Å². The highest BCUT2D eigenvalue weighted by molar-refractivity contribution is 7.80. The predicted molar refractivity (Wildman–Crippen MR) is 161 cm³/mol. The molecule has 4 rings (SSSR count). The number of hydrogen-bond acceptors (Lipinski definition) is 7. The maximum absolute atomic E-state index is 15.0. The van der Waals surface area contributed by atoms with Crippen LogP contribution >= 0.6 is 23.6 Å². The number of hydrogen-bond donors (Lipinski definition) is 4. The third-order valence-corrected chi connectivity index (χ3v) is 7.17. The number of ether oxygens (including phenoxy) is 1. The van der Waals surface area contributed by atoms with Crippen molar-refractivity contribution < 1.29 is 23.5 Å². The van der Waals surface area contributed by atoms with Gasteiger partial charge in [-0.15, -0.1) is 11.3 Å². The number of nitrogens with one attached hydrogen (secondary N) is 3. The first kappa shape index (κ1) is 29.6. The lowest BCUT2D eigenvalue weighted by molar-refractivity contribution is -0.120. The fourth-order valence-corrected chi connectivity index (χ4v) is 5.15. The normalized spacial score (nSPS) is 11.6. The van der Waals surface area contributed by atoms with Crippen molar-refractivity contribution in [3.8, 4) is 11.5 Å². The Morgan fingerprint density at radius 2 is 1.83 bits per heavy atom. The molecule has 0 saturated carbocycles. The Kier molecular flexibility index (Phi) is 9.58. The van der Waals surface area contributed by atoms with Crippen molar-refractivity contribution in [3.05, 3.63) is 83.1 Å². The van der Waals surface area contributed by atoms with Crippen LogP contribution in [0.2, 0.25) is 0 Å². The van der Waals surface area contributed by atoms with Gasteiger partial charge in [-0.2, -0.15) is 0 Å². The number of halogens is 1. The summed E-state index contributed by atoms with van der Waals surface area (Å²) in [5.41, 5.74) is 7.09. The second-order valence-corrected chi connectivity index (χ2v) is 11.1. The van der Waals surface area contributed by atoms with Crippen molar-refractivity contribution in [1.82, 2.24) is 15.6 Å². The van der Waals surface area contributed by atoms with Crippen molar-refractivity contribution in [2.45, 2.75) is 32.7 Å². The van der Waals surface area contributed by atoms with Gasteiger partial charge in [-0.05, 0) is 48.3 Å². The number of aromatic nitrogens is 1. The van der Waals surface area contributed by atoms with Crippen LogP contribution in [0, 0.1) is 11.7 Å². The number of nitrogens with two attached hydrogens (primary N) is 1. The van der Waals surface area contributed by atoms with Crippen LogP contribution in [-0.4, -0.2) is 33.9 Å². The Labute approximate surface area is 245 Å². The van der Waals surface area contributed by atoms with Gasteiger partial charge in [-0.25, -0.2) is 4.39 Å². The summed E-state index contributed by atoms with van der Waals surface area (Å²) in [4.78, 5) is 41.4. The van der Waals surface area contributed by atoms with E-state index in [0.29, 0.717) is 33.0 Å². The maximum atomic E-state index is 15.0. The number of nitrogens with zero attached hydrogens (tertiary/aromatic N) is 1. The number of amides is 3. The third kappa shape index (κ3) is 8.05. The van der Waals surface area contributed by atoms with E-state index < -0.39 is 23.7 Å². The third-order valence-electron chi connectivity index (χ3n) is 5.83. The minimum atomic E-state index is -0.803. The highest BCUT2D eigenvalue weighted by atomic mass is 32.1. The maximum Gasteiger partial charge on any atom is 0.262 e. The van der Waals surface area contributed by atoms with Crippen LogP contribution in [0.25, 0.3) is 10.2 Å². The number of fused-ring (bicyclic) bond motifs is 1. The Bertz CT molecular complexity index is 1590. The minimum absolute atomic E-state index is 0.0335. The summed E-state index contributed by atoms with van der Waals surface area (Å²) in [6.07, 6.45) is 2.05. The zero-order valence-electron chi connectivity index (χ0n) is 22.3. The molecule has 5 N–H and O–H groups in total. The number of carbonyl (C=O) groups is 3. The van der Waals surface area contributed by atoms with E-state index >= 15 is 0 Å². The van der Waals surface area contributed by atoms with Crippen molar-refractivity contribution in [1.29, 1.82) is 0 Å². The Morgan fingerprint density at radius 1 is 1.07 bits per heavy atom. The quantitative estimate of drug-likeness (QED) is 0.192. The number of primary amides is 1. The first-order chi connectivity index (χ1) is 19.6. The van der Waals surface area contributed by atoms with Gasteiger partial charge in [0.25, 0.3) is 5.91 Å². The second-order valence-electron chi connectivity index (χ2n) is 9.60. The fraction of sp³-hybridized carbons (Fsp3) is 0.207. The molecule has 1 atom stereocenters. The molecule has 212 valence electrons. The van der Waals surface area contributed by atoms with Gasteiger partial charge in [0.05, 0.1) is 21.5 Å². The first-order valence-corrected chi connectivity index (χ1v) is 13.9. The summed E-state index contributed by atoms with van der Waals surface area (Å²) in [5, 5.41) is 8.07. The van der Waals surface area contributed by atoms with Crippen LogP contribution < -0.4 is 26.4 Å². The van der Waals surface area contributed by atoms with Gasteiger partial charge < -0.3 is 26.4 Å². The van der Waals surface area contributed by atoms with E-state index in [0.717, 1.165) is 16.9 Å². The molecule has 12 heteroatoms. The van der Waals surface area contributed by atoms with Crippen molar-refractivity contribution in [2.75, 3.05) is 5.32 Å². The largest absolute Gasteiger partial charge is 0.453 e. The van der Waals surface area contributed by atoms with Gasteiger partial charge >= 0.3 is 0 Å². The van der Waals surface area contributed by atoms with Crippen LogP contribution in [-0.2, 0) is 16.0 Å². The monoisotopic (exact) mass is 593 g/mol. The highest BCUT2D eigenvalue weighted by Crippen LogP contribution is 2.36. The van der Waals surface area contributed by atoms with Crippen LogP contribution in [0.4, 0.5) is 10.1 Å². The zero-order valence-corrected chi connectivity index (χ0v) is 23.9. The van der Waals surface area contributed by atoms with E-state index in [2.05, 4.69) is 20.9 Å². The summed E-state index contributed by atoms with van der Waals surface area (Å²) < 4.78 is 21.3. The summed E-state index contributed by atoms with van der Waals surface area (Å²) in [6, 6.07) is 15.7. The molecule has 1 unspecified atom stereocenters. The predicted octanol–water partition coefficient (Wildman–Crippen LogP) is 4.91. The van der Waals surface area contributed by atoms with Gasteiger partial charge in [0.15, 0.2) is 16.7 Å². The minimum Gasteiger partial charge on any atom is -0.453 e. The van der Waals surface area contributed by atoms with Gasteiger partial charge in [-0.3, -0.25) is 19.4 Å². The molecule has 0 radical (unpaired) electrons. The smallest absolute Gasteiger partial charge is 0.262 e. The van der Waals surface area contributed by atoms with E-state index in [9.17, 15) is 18.8 Å². The lowest BCUT2D eigenvalue weighted by atomic mass is 10.0. The zero-order chi connectivity index (χ0) is 29.5. The van der Waals surface area contributed by atoms with Crippen LogP contribution in [0.5, 0.6) is 11.5 Å². The van der Waals surface area contributed by atoms with E-state index in [-0.39, 0.29) is 29.1 Å².